The maximum Gasteiger partial charge on any atom is 0.268 e. The summed E-state index contributed by atoms with van der Waals surface area (Å²) in [6, 6.07) is 1.63. The molecule has 1 aromatic heterocycles. The van der Waals surface area contributed by atoms with E-state index >= 15 is 0 Å². The van der Waals surface area contributed by atoms with Crippen molar-refractivity contribution in [2.45, 2.75) is 30.2 Å². The van der Waals surface area contributed by atoms with Gasteiger partial charge in [0.25, 0.3) is 5.91 Å². The van der Waals surface area contributed by atoms with Crippen LogP contribution in [-0.4, -0.2) is 24.9 Å². The summed E-state index contributed by atoms with van der Waals surface area (Å²) in [5.74, 6) is 2.69. The minimum absolute atomic E-state index is 0.0220. The highest BCUT2D eigenvalue weighted by molar-refractivity contribution is 7.89. The Balaban J connectivity index is 1.51. The first-order chi connectivity index (χ1) is 9.86. The summed E-state index contributed by atoms with van der Waals surface area (Å²) in [5, 5.41) is 8.18. The molecule has 1 amide bonds. The number of fused-ring (bicyclic) bond motifs is 5. The lowest BCUT2D eigenvalue weighted by Crippen LogP contribution is -2.31. The van der Waals surface area contributed by atoms with Gasteiger partial charge in [0.15, 0.2) is 0 Å². The molecule has 1 heterocycles. The van der Waals surface area contributed by atoms with E-state index in [1.807, 2.05) is 0 Å². The van der Waals surface area contributed by atoms with Gasteiger partial charge in [0, 0.05) is 19.3 Å². The van der Waals surface area contributed by atoms with E-state index in [1.54, 1.807) is 7.05 Å². The molecule has 1 aromatic rings. The molecule has 0 spiro atoms. The standard InChI is InChI=1S/C14H19N3O3S/c1-17-6-9(21(15,19)20)5-10(17)14(18)16-13-11-7-2-3-8(4-7)12(11)13/h5-8,11-13H,2-4H2,1H3,(H,16,18)(H2,15,19,20). The van der Waals surface area contributed by atoms with Crippen molar-refractivity contribution in [2.24, 2.45) is 35.9 Å². The highest BCUT2D eigenvalue weighted by Crippen LogP contribution is 2.65. The van der Waals surface area contributed by atoms with Crippen molar-refractivity contribution < 1.29 is 13.2 Å². The van der Waals surface area contributed by atoms with E-state index in [1.165, 1.54) is 36.1 Å². The van der Waals surface area contributed by atoms with E-state index in [9.17, 15) is 13.2 Å². The van der Waals surface area contributed by atoms with Crippen molar-refractivity contribution in [3.63, 3.8) is 0 Å². The molecule has 6 nitrogen and oxygen atoms in total. The Hall–Kier alpha value is -1.34. The van der Waals surface area contributed by atoms with Crippen LogP contribution in [0.1, 0.15) is 29.8 Å². The normalized spacial score (nSPS) is 36.6. The van der Waals surface area contributed by atoms with E-state index in [0.717, 1.165) is 11.8 Å². The minimum atomic E-state index is -3.77. The number of carbonyl (C=O) groups excluding carboxylic acids is 1. The van der Waals surface area contributed by atoms with Crippen LogP contribution in [0.15, 0.2) is 17.2 Å². The minimum Gasteiger partial charge on any atom is -0.347 e. The van der Waals surface area contributed by atoms with Crippen LogP contribution in [0.2, 0.25) is 0 Å². The maximum atomic E-state index is 12.4. The highest BCUT2D eigenvalue weighted by atomic mass is 32.2. The fourth-order valence-corrected chi connectivity index (χ4v) is 5.24. The van der Waals surface area contributed by atoms with Crippen molar-refractivity contribution in [2.75, 3.05) is 0 Å². The summed E-state index contributed by atoms with van der Waals surface area (Å²) in [4.78, 5) is 12.3. The SMILES string of the molecule is Cn1cc(S(N)(=O)=O)cc1C(=O)NC1C2C3CCC(C3)C12. The number of nitrogens with two attached hydrogens (primary N) is 1. The molecule has 2 bridgehead atoms. The van der Waals surface area contributed by atoms with E-state index in [4.69, 9.17) is 5.14 Å². The zero-order chi connectivity index (χ0) is 14.9. The van der Waals surface area contributed by atoms with Crippen LogP contribution in [0.4, 0.5) is 0 Å². The van der Waals surface area contributed by atoms with Crippen LogP contribution in [-0.2, 0) is 17.1 Å². The Morgan fingerprint density at radius 3 is 2.48 bits per heavy atom. The van der Waals surface area contributed by atoms with Gasteiger partial charge in [-0.05, 0) is 49.0 Å². The Morgan fingerprint density at radius 1 is 1.33 bits per heavy atom. The van der Waals surface area contributed by atoms with Gasteiger partial charge in [-0.3, -0.25) is 4.79 Å². The topological polar surface area (TPSA) is 94.2 Å². The van der Waals surface area contributed by atoms with Gasteiger partial charge in [0.1, 0.15) is 10.6 Å². The number of nitrogens with one attached hydrogen (secondary N) is 1. The molecule has 114 valence electrons. The zero-order valence-corrected chi connectivity index (χ0v) is 12.6. The van der Waals surface area contributed by atoms with Crippen LogP contribution in [0.5, 0.6) is 0 Å². The van der Waals surface area contributed by atoms with Crippen molar-refractivity contribution in [3.8, 4) is 0 Å². The van der Waals surface area contributed by atoms with Gasteiger partial charge in [-0.2, -0.15) is 0 Å². The first kappa shape index (κ1) is 13.3. The molecule has 21 heavy (non-hydrogen) atoms. The summed E-state index contributed by atoms with van der Waals surface area (Å²) in [6.07, 6.45) is 5.32. The molecule has 0 radical (unpaired) electrons. The monoisotopic (exact) mass is 309 g/mol. The molecule has 4 atom stereocenters. The number of sulfonamides is 1. The van der Waals surface area contributed by atoms with E-state index in [2.05, 4.69) is 5.32 Å². The lowest BCUT2D eigenvalue weighted by Gasteiger charge is -2.10. The summed E-state index contributed by atoms with van der Waals surface area (Å²) in [7, 11) is -2.12. The molecule has 7 heteroatoms. The lowest BCUT2D eigenvalue weighted by molar-refractivity contribution is 0.0936. The summed E-state index contributed by atoms with van der Waals surface area (Å²) in [5.41, 5.74) is 0.344. The Labute approximate surface area is 123 Å². The molecule has 3 fully saturated rings. The Kier molecular flexibility index (Phi) is 2.60. The second kappa shape index (κ2) is 4.10. The van der Waals surface area contributed by atoms with Gasteiger partial charge in [-0.15, -0.1) is 0 Å². The second-order valence-corrected chi connectivity index (χ2v) is 8.27. The fraction of sp³-hybridized carbons (Fsp3) is 0.643. The van der Waals surface area contributed by atoms with Crippen molar-refractivity contribution in [1.29, 1.82) is 0 Å². The third kappa shape index (κ3) is 1.94. The molecule has 3 aliphatic carbocycles. The number of hydrogen-bond acceptors (Lipinski definition) is 3. The average Bonchev–Trinajstić information content (AvgIpc) is 2.81. The zero-order valence-electron chi connectivity index (χ0n) is 11.8. The van der Waals surface area contributed by atoms with E-state index in [0.29, 0.717) is 17.5 Å². The molecule has 0 aliphatic heterocycles. The number of primary sulfonamides is 1. The third-order valence-electron chi connectivity index (χ3n) is 5.57. The number of aromatic nitrogens is 1. The summed E-state index contributed by atoms with van der Waals surface area (Å²) in [6.45, 7) is 0. The number of aryl methyl sites for hydroxylation is 1. The lowest BCUT2D eigenvalue weighted by atomic mass is 10.0. The summed E-state index contributed by atoms with van der Waals surface area (Å²) < 4.78 is 24.2. The number of carbonyl (C=O) groups is 1. The van der Waals surface area contributed by atoms with Crippen molar-refractivity contribution in [1.82, 2.24) is 9.88 Å². The van der Waals surface area contributed by atoms with E-state index < -0.39 is 10.0 Å². The molecular weight excluding hydrogens is 290 g/mol. The van der Waals surface area contributed by atoms with Crippen molar-refractivity contribution >= 4 is 15.9 Å². The van der Waals surface area contributed by atoms with Crippen molar-refractivity contribution in [3.05, 3.63) is 18.0 Å². The molecule has 4 rings (SSSR count). The smallest absolute Gasteiger partial charge is 0.268 e. The molecule has 3 aliphatic rings. The average molecular weight is 309 g/mol. The van der Waals surface area contributed by atoms with Gasteiger partial charge in [-0.1, -0.05) is 0 Å². The molecule has 3 N–H and O–H groups in total. The quantitative estimate of drug-likeness (QED) is 0.848. The second-order valence-electron chi connectivity index (χ2n) is 6.70. The summed E-state index contributed by atoms with van der Waals surface area (Å²) >= 11 is 0. The Morgan fingerprint density at radius 2 is 1.95 bits per heavy atom. The fourth-order valence-electron chi connectivity index (χ4n) is 4.66. The van der Waals surface area contributed by atoms with Gasteiger partial charge in [0.05, 0.1) is 0 Å². The predicted molar refractivity (Wildman–Crippen MR) is 75.9 cm³/mol. The molecule has 3 saturated carbocycles. The van der Waals surface area contributed by atoms with Crippen LogP contribution in [0.3, 0.4) is 0 Å². The van der Waals surface area contributed by atoms with Gasteiger partial charge >= 0.3 is 0 Å². The highest BCUT2D eigenvalue weighted by Gasteiger charge is 2.65. The largest absolute Gasteiger partial charge is 0.347 e. The molecular formula is C14H19N3O3S. The molecule has 0 saturated heterocycles. The first-order valence-electron chi connectivity index (χ1n) is 7.36. The van der Waals surface area contributed by atoms with Crippen LogP contribution >= 0.6 is 0 Å². The van der Waals surface area contributed by atoms with Crippen LogP contribution in [0, 0.1) is 23.7 Å². The van der Waals surface area contributed by atoms with Crippen LogP contribution in [0.25, 0.3) is 0 Å². The van der Waals surface area contributed by atoms with Gasteiger partial charge in [-0.25, -0.2) is 13.6 Å². The number of rotatable bonds is 3. The first-order valence-corrected chi connectivity index (χ1v) is 8.91. The number of nitrogens with zero attached hydrogens (tertiary/aromatic N) is 1. The molecule has 0 aromatic carbocycles. The van der Waals surface area contributed by atoms with Gasteiger partial charge in [0.2, 0.25) is 10.0 Å². The third-order valence-corrected chi connectivity index (χ3v) is 6.45. The Bertz CT molecular complexity index is 708. The molecule has 4 unspecified atom stereocenters. The maximum absolute atomic E-state index is 12.4. The van der Waals surface area contributed by atoms with E-state index in [-0.39, 0.29) is 16.8 Å². The van der Waals surface area contributed by atoms with Gasteiger partial charge < -0.3 is 9.88 Å². The number of hydrogen-bond donors (Lipinski definition) is 2. The number of amides is 1. The predicted octanol–water partition coefficient (Wildman–Crippen LogP) is 0.447. The van der Waals surface area contributed by atoms with Crippen LogP contribution < -0.4 is 10.5 Å².